The molecule has 4 rings (SSSR count). The van der Waals surface area contributed by atoms with E-state index < -0.39 is 17.7 Å². The molecule has 0 amide bonds. The van der Waals surface area contributed by atoms with Crippen LogP contribution in [0.4, 0.5) is 5.69 Å². The minimum Gasteiger partial charge on any atom is -0.486 e. The predicted octanol–water partition coefficient (Wildman–Crippen LogP) is 8.65. The number of aryl methyl sites for hydroxylation is 1. The molecule has 0 radical (unpaired) electrons. The highest BCUT2D eigenvalue weighted by atomic mass is 16.6. The average molecular weight is 646 g/mol. The van der Waals surface area contributed by atoms with Crippen LogP contribution < -0.4 is 9.64 Å². The van der Waals surface area contributed by atoms with Gasteiger partial charge in [-0.15, -0.1) is 0 Å². The Kier molecular flexibility index (Phi) is 12.4. The zero-order valence-corrected chi connectivity index (χ0v) is 30.0. The molecule has 1 aliphatic rings. The van der Waals surface area contributed by atoms with Gasteiger partial charge in [-0.3, -0.25) is 9.97 Å². The molecular formula is C39H55N3O5. The standard InChI is InChI=1S/C39H55N3O5/c1-10-14-31(26-44-25-29-15-12-11-13-16-29)46-30-17-18-33(41-23-30)32-24-40-28(4)34(35(32)42-21-19-39(8,9)20-22-42)36(47-38(5,6)7)37(43)45-27(2)3/h11-13,15-18,23-24,27,31,36H,10,14,19-22,25-26H2,1-9H3/t31?,36-/m0/s1. The summed E-state index contributed by atoms with van der Waals surface area (Å²) in [4.78, 5) is 25.8. The third kappa shape index (κ3) is 10.5. The molecule has 0 saturated carbocycles. The number of hydrogen-bond acceptors (Lipinski definition) is 8. The molecule has 0 bridgehead atoms. The molecule has 2 aromatic heterocycles. The van der Waals surface area contributed by atoms with Crippen LogP contribution in [0.1, 0.15) is 104 Å². The number of hydrogen-bond donors (Lipinski definition) is 0. The molecule has 2 atom stereocenters. The minimum atomic E-state index is -0.942. The van der Waals surface area contributed by atoms with Crippen LogP contribution in [0.2, 0.25) is 0 Å². The van der Waals surface area contributed by atoms with Crippen molar-refractivity contribution in [1.82, 2.24) is 9.97 Å². The van der Waals surface area contributed by atoms with Gasteiger partial charge in [0.15, 0.2) is 6.10 Å². The van der Waals surface area contributed by atoms with Crippen LogP contribution in [-0.4, -0.2) is 53.4 Å². The highest BCUT2D eigenvalue weighted by Crippen LogP contribution is 2.43. The van der Waals surface area contributed by atoms with Crippen LogP contribution in [0.15, 0.2) is 54.9 Å². The van der Waals surface area contributed by atoms with Gasteiger partial charge < -0.3 is 23.8 Å². The van der Waals surface area contributed by atoms with Gasteiger partial charge in [0.1, 0.15) is 11.9 Å². The van der Waals surface area contributed by atoms with Gasteiger partial charge in [0, 0.05) is 36.1 Å². The van der Waals surface area contributed by atoms with E-state index in [9.17, 15) is 4.79 Å². The molecule has 0 spiro atoms. The summed E-state index contributed by atoms with van der Waals surface area (Å²) in [5.41, 5.74) is 4.81. The number of benzene rings is 1. The van der Waals surface area contributed by atoms with Crippen LogP contribution in [0.5, 0.6) is 5.75 Å². The SMILES string of the molecule is CCCC(COCc1ccccc1)Oc1ccc(-c2cnc(C)c([C@H](OC(C)(C)C)C(=O)OC(C)C)c2N2CCC(C)(C)CC2)nc1. The molecule has 1 aromatic carbocycles. The summed E-state index contributed by atoms with van der Waals surface area (Å²) in [5, 5.41) is 0. The van der Waals surface area contributed by atoms with Gasteiger partial charge in [-0.05, 0) is 83.9 Å². The first-order chi connectivity index (χ1) is 22.3. The number of ether oxygens (including phenoxy) is 4. The molecule has 0 aliphatic carbocycles. The van der Waals surface area contributed by atoms with E-state index in [4.69, 9.17) is 28.9 Å². The molecule has 1 saturated heterocycles. The fourth-order valence-corrected chi connectivity index (χ4v) is 5.84. The quantitative estimate of drug-likeness (QED) is 0.161. The van der Waals surface area contributed by atoms with Gasteiger partial charge in [0.25, 0.3) is 0 Å². The average Bonchev–Trinajstić information content (AvgIpc) is 3.00. The van der Waals surface area contributed by atoms with Gasteiger partial charge in [-0.2, -0.15) is 0 Å². The van der Waals surface area contributed by atoms with E-state index in [0.29, 0.717) is 19.0 Å². The number of rotatable bonds is 14. The Morgan fingerprint density at radius 1 is 1.00 bits per heavy atom. The van der Waals surface area contributed by atoms with Crippen molar-refractivity contribution in [3.05, 3.63) is 71.7 Å². The van der Waals surface area contributed by atoms with Crippen molar-refractivity contribution in [1.29, 1.82) is 0 Å². The Labute approximate surface area is 282 Å². The molecule has 3 aromatic rings. The van der Waals surface area contributed by atoms with Gasteiger partial charge >= 0.3 is 5.97 Å². The number of nitrogens with zero attached hydrogens (tertiary/aromatic N) is 3. The van der Waals surface area contributed by atoms with Gasteiger partial charge in [-0.1, -0.05) is 57.5 Å². The second kappa shape index (κ2) is 16.1. The van der Waals surface area contributed by atoms with Crippen LogP contribution in [0.25, 0.3) is 11.3 Å². The van der Waals surface area contributed by atoms with Crippen molar-refractivity contribution in [3.8, 4) is 17.0 Å². The van der Waals surface area contributed by atoms with Crippen molar-refractivity contribution in [2.75, 3.05) is 24.6 Å². The Morgan fingerprint density at radius 2 is 1.70 bits per heavy atom. The largest absolute Gasteiger partial charge is 0.486 e. The molecule has 256 valence electrons. The Hall–Kier alpha value is -3.49. The molecule has 1 fully saturated rings. The topological polar surface area (TPSA) is 83.0 Å². The van der Waals surface area contributed by atoms with Crippen molar-refractivity contribution in [2.45, 2.75) is 119 Å². The number of carbonyl (C=O) groups excluding carboxylic acids is 1. The summed E-state index contributed by atoms with van der Waals surface area (Å²) in [6, 6.07) is 14.1. The predicted molar refractivity (Wildman–Crippen MR) is 188 cm³/mol. The number of anilines is 1. The maximum Gasteiger partial charge on any atom is 0.340 e. The maximum atomic E-state index is 13.7. The van der Waals surface area contributed by atoms with Gasteiger partial charge in [-0.25, -0.2) is 4.79 Å². The monoisotopic (exact) mass is 645 g/mol. The van der Waals surface area contributed by atoms with E-state index in [2.05, 4.69) is 37.8 Å². The first-order valence-corrected chi connectivity index (χ1v) is 17.1. The summed E-state index contributed by atoms with van der Waals surface area (Å²) in [6.45, 7) is 21.0. The van der Waals surface area contributed by atoms with Crippen LogP contribution in [0.3, 0.4) is 0 Å². The number of pyridine rings is 2. The van der Waals surface area contributed by atoms with Gasteiger partial charge in [0.2, 0.25) is 0 Å². The van der Waals surface area contributed by atoms with Crippen LogP contribution in [-0.2, 0) is 25.6 Å². The fraction of sp³-hybridized carbons (Fsp3) is 0.564. The lowest BCUT2D eigenvalue weighted by Crippen LogP contribution is -2.39. The fourth-order valence-electron chi connectivity index (χ4n) is 5.84. The van der Waals surface area contributed by atoms with E-state index in [0.717, 1.165) is 72.5 Å². The van der Waals surface area contributed by atoms with E-state index >= 15 is 0 Å². The Morgan fingerprint density at radius 3 is 2.30 bits per heavy atom. The zero-order chi connectivity index (χ0) is 34.2. The first-order valence-electron chi connectivity index (χ1n) is 17.1. The van der Waals surface area contributed by atoms with Gasteiger partial charge in [0.05, 0.1) is 42.5 Å². The molecule has 3 heterocycles. The molecule has 1 unspecified atom stereocenters. The number of aromatic nitrogens is 2. The third-order valence-electron chi connectivity index (χ3n) is 8.36. The molecule has 8 heteroatoms. The summed E-state index contributed by atoms with van der Waals surface area (Å²) >= 11 is 0. The lowest BCUT2D eigenvalue weighted by molar-refractivity contribution is -0.171. The number of carbonyl (C=O) groups is 1. The zero-order valence-electron chi connectivity index (χ0n) is 30.0. The van der Waals surface area contributed by atoms with Crippen molar-refractivity contribution in [3.63, 3.8) is 0 Å². The number of piperidine rings is 1. The summed E-state index contributed by atoms with van der Waals surface area (Å²) < 4.78 is 24.6. The van der Waals surface area contributed by atoms with Crippen molar-refractivity contribution in [2.24, 2.45) is 5.41 Å². The molecule has 0 N–H and O–H groups in total. The summed E-state index contributed by atoms with van der Waals surface area (Å²) in [7, 11) is 0. The molecule has 8 nitrogen and oxygen atoms in total. The molecule has 1 aliphatic heterocycles. The van der Waals surface area contributed by atoms with Crippen LogP contribution in [0, 0.1) is 12.3 Å². The highest BCUT2D eigenvalue weighted by molar-refractivity contribution is 5.86. The second-order valence-corrected chi connectivity index (χ2v) is 14.7. The Balaban J connectivity index is 1.67. The van der Waals surface area contributed by atoms with Crippen molar-refractivity contribution >= 4 is 11.7 Å². The molecular weight excluding hydrogens is 590 g/mol. The van der Waals surface area contributed by atoms with E-state index in [1.165, 1.54) is 0 Å². The third-order valence-corrected chi connectivity index (χ3v) is 8.36. The molecule has 47 heavy (non-hydrogen) atoms. The smallest absolute Gasteiger partial charge is 0.340 e. The minimum absolute atomic E-state index is 0.0847. The van der Waals surface area contributed by atoms with Crippen LogP contribution >= 0.6 is 0 Å². The lowest BCUT2D eigenvalue weighted by Gasteiger charge is -2.41. The normalized spacial score (nSPS) is 16.2. The first kappa shape index (κ1) is 36.3. The number of esters is 1. The Bertz CT molecular complexity index is 1420. The second-order valence-electron chi connectivity index (χ2n) is 14.7. The van der Waals surface area contributed by atoms with E-state index in [-0.39, 0.29) is 17.6 Å². The summed E-state index contributed by atoms with van der Waals surface area (Å²) in [6.07, 6.45) is 6.25. The summed E-state index contributed by atoms with van der Waals surface area (Å²) in [5.74, 6) is 0.273. The van der Waals surface area contributed by atoms with E-state index in [1.807, 2.05) is 78.1 Å². The maximum absolute atomic E-state index is 13.7. The van der Waals surface area contributed by atoms with Crippen molar-refractivity contribution < 1.29 is 23.7 Å². The highest BCUT2D eigenvalue weighted by Gasteiger charge is 2.37. The lowest BCUT2D eigenvalue weighted by atomic mass is 9.82. The van der Waals surface area contributed by atoms with E-state index in [1.54, 1.807) is 6.20 Å².